The lowest BCUT2D eigenvalue weighted by Gasteiger charge is -2.32. The summed E-state index contributed by atoms with van der Waals surface area (Å²) in [5, 5.41) is 1.15. The van der Waals surface area contributed by atoms with Gasteiger partial charge in [0.25, 0.3) is 0 Å². The molecule has 0 bridgehead atoms. The largest absolute Gasteiger partial charge is 0.533 e. The van der Waals surface area contributed by atoms with E-state index in [2.05, 4.69) is 19.1 Å². The minimum Gasteiger partial charge on any atom is -0.370 e. The van der Waals surface area contributed by atoms with Gasteiger partial charge in [0, 0.05) is 25.0 Å². The first-order valence-corrected chi connectivity index (χ1v) is 10.2. The average molecular weight is 338 g/mol. The Hall–Kier alpha value is -0.983. The maximum atomic E-state index is 6.11. The molecule has 0 amide bonds. The van der Waals surface area contributed by atoms with E-state index in [0.717, 1.165) is 18.0 Å². The van der Waals surface area contributed by atoms with Crippen molar-refractivity contribution in [2.45, 2.75) is 40.5 Å². The number of allylic oxidation sites excluding steroid dienone is 2. The zero-order valence-electron chi connectivity index (χ0n) is 14.9. The Morgan fingerprint density at radius 3 is 1.91 bits per heavy atom. The van der Waals surface area contributed by atoms with E-state index in [1.165, 1.54) is 11.1 Å². The molecule has 0 fully saturated rings. The molecule has 0 heterocycles. The first-order valence-electron chi connectivity index (χ1n) is 8.52. The van der Waals surface area contributed by atoms with Crippen molar-refractivity contribution in [2.24, 2.45) is 5.73 Å². The summed E-state index contributed by atoms with van der Waals surface area (Å²) in [4.78, 5) is 0. The van der Waals surface area contributed by atoms with Crippen LogP contribution in [0.3, 0.4) is 0 Å². The smallest absolute Gasteiger partial charge is 0.370 e. The molecular weight excluding hydrogens is 306 g/mol. The number of nitrogens with two attached hydrogens (primary N) is 1. The van der Waals surface area contributed by atoms with Gasteiger partial charge in [-0.3, -0.25) is 0 Å². The van der Waals surface area contributed by atoms with Gasteiger partial charge in [-0.15, -0.1) is 0 Å². The first kappa shape index (κ1) is 20.1. The first-order chi connectivity index (χ1) is 11.1. The van der Waals surface area contributed by atoms with E-state index >= 15 is 0 Å². The lowest BCUT2D eigenvalue weighted by atomic mass is 10.1. The summed E-state index contributed by atoms with van der Waals surface area (Å²) in [7, 11) is -2.88. The van der Waals surface area contributed by atoms with Crippen molar-refractivity contribution in [3.63, 3.8) is 0 Å². The Kier molecular flexibility index (Phi) is 9.36. The van der Waals surface area contributed by atoms with E-state index in [9.17, 15) is 0 Å². The molecule has 0 saturated carbocycles. The second-order valence-electron chi connectivity index (χ2n) is 5.22. The van der Waals surface area contributed by atoms with E-state index in [-0.39, 0.29) is 0 Å². The van der Waals surface area contributed by atoms with Crippen molar-refractivity contribution >= 4 is 14.4 Å². The van der Waals surface area contributed by atoms with E-state index in [0.29, 0.717) is 26.4 Å². The van der Waals surface area contributed by atoms with Gasteiger partial charge in [-0.25, -0.2) is 0 Å². The molecule has 0 aliphatic heterocycles. The van der Waals surface area contributed by atoms with Gasteiger partial charge in [-0.1, -0.05) is 30.3 Å². The number of rotatable bonds is 11. The van der Waals surface area contributed by atoms with Crippen molar-refractivity contribution < 1.29 is 13.3 Å². The normalized spacial score (nSPS) is 13.1. The Labute approximate surface area is 142 Å². The average Bonchev–Trinajstić information content (AvgIpc) is 2.56. The van der Waals surface area contributed by atoms with Gasteiger partial charge in [0.15, 0.2) is 0 Å². The van der Waals surface area contributed by atoms with E-state index < -0.39 is 8.80 Å². The van der Waals surface area contributed by atoms with Gasteiger partial charge in [-0.05, 0) is 58.2 Å². The quantitative estimate of drug-likeness (QED) is 0.624. The van der Waals surface area contributed by atoms with Crippen LogP contribution in [0.25, 0.3) is 5.57 Å². The summed E-state index contributed by atoms with van der Waals surface area (Å²) in [5.74, 6) is 0. The number of hydrogen-bond acceptors (Lipinski definition) is 4. The van der Waals surface area contributed by atoms with Crippen LogP contribution >= 0.6 is 0 Å². The maximum absolute atomic E-state index is 6.11. The van der Waals surface area contributed by atoms with Crippen LogP contribution in [0, 0.1) is 0 Å². The topological polar surface area (TPSA) is 53.7 Å². The molecule has 0 aromatic heterocycles. The molecule has 0 radical (unpaired) electrons. The van der Waals surface area contributed by atoms with Crippen LogP contribution in [0.1, 0.15) is 46.1 Å². The van der Waals surface area contributed by atoms with Crippen LogP contribution in [0.4, 0.5) is 0 Å². The van der Waals surface area contributed by atoms with Gasteiger partial charge < -0.3 is 19.0 Å². The van der Waals surface area contributed by atoms with Gasteiger partial charge in [-0.2, -0.15) is 0 Å². The van der Waals surface area contributed by atoms with Crippen molar-refractivity contribution in [3.05, 3.63) is 41.1 Å². The molecule has 1 aromatic rings. The molecule has 0 aliphatic carbocycles. The molecule has 1 aromatic carbocycles. The summed E-state index contributed by atoms with van der Waals surface area (Å²) in [6.07, 6.45) is 1.73. The SMILES string of the molecule is CCO[Si](OCC)(OCC)C(CCCN)=C(C)c1ccccc1. The third-order valence-corrected chi connectivity index (χ3v) is 7.03. The molecule has 0 unspecified atom stereocenters. The highest BCUT2D eigenvalue weighted by atomic mass is 28.4. The minimum absolute atomic E-state index is 0.570. The second kappa shape index (κ2) is 10.7. The van der Waals surface area contributed by atoms with Crippen LogP contribution in [-0.2, 0) is 13.3 Å². The van der Waals surface area contributed by atoms with E-state index in [1.54, 1.807) is 0 Å². The minimum atomic E-state index is -2.88. The van der Waals surface area contributed by atoms with Gasteiger partial charge in [0.2, 0.25) is 0 Å². The van der Waals surface area contributed by atoms with Gasteiger partial charge in [0.1, 0.15) is 0 Å². The van der Waals surface area contributed by atoms with Crippen LogP contribution < -0.4 is 5.73 Å². The highest BCUT2D eigenvalue weighted by Crippen LogP contribution is 2.31. The van der Waals surface area contributed by atoms with E-state index in [1.807, 2.05) is 39.0 Å². The number of hydrogen-bond donors (Lipinski definition) is 1. The predicted octanol–water partition coefficient (Wildman–Crippen LogP) is 3.79. The molecule has 0 atom stereocenters. The molecule has 4 nitrogen and oxygen atoms in total. The Morgan fingerprint density at radius 2 is 1.48 bits per heavy atom. The summed E-state index contributed by atoms with van der Waals surface area (Å²) in [6, 6.07) is 10.3. The third-order valence-electron chi connectivity index (χ3n) is 3.66. The highest BCUT2D eigenvalue weighted by Gasteiger charge is 2.45. The summed E-state index contributed by atoms with van der Waals surface area (Å²) < 4.78 is 18.3. The Morgan fingerprint density at radius 1 is 0.957 bits per heavy atom. The van der Waals surface area contributed by atoms with Gasteiger partial charge in [0.05, 0.1) is 0 Å². The Balaban J connectivity index is 3.38. The fourth-order valence-electron chi connectivity index (χ4n) is 2.67. The number of benzene rings is 1. The lowest BCUT2D eigenvalue weighted by molar-refractivity contribution is 0.0799. The molecule has 5 heteroatoms. The van der Waals surface area contributed by atoms with Crippen molar-refractivity contribution in [3.8, 4) is 0 Å². The molecule has 23 heavy (non-hydrogen) atoms. The van der Waals surface area contributed by atoms with Crippen molar-refractivity contribution in [1.29, 1.82) is 0 Å². The molecule has 0 aliphatic rings. The summed E-state index contributed by atoms with van der Waals surface area (Å²) in [6.45, 7) is 10.4. The van der Waals surface area contributed by atoms with Crippen LogP contribution in [0.15, 0.2) is 35.5 Å². The summed E-state index contributed by atoms with van der Waals surface area (Å²) >= 11 is 0. The lowest BCUT2D eigenvalue weighted by Crippen LogP contribution is -2.49. The molecule has 0 saturated heterocycles. The molecule has 1 rings (SSSR count). The Bertz CT molecular complexity index is 459. The zero-order chi connectivity index (χ0) is 17.1. The summed E-state index contributed by atoms with van der Waals surface area (Å²) in [5.41, 5.74) is 8.11. The zero-order valence-corrected chi connectivity index (χ0v) is 15.9. The van der Waals surface area contributed by atoms with E-state index in [4.69, 9.17) is 19.0 Å². The van der Waals surface area contributed by atoms with Crippen LogP contribution in [0.2, 0.25) is 0 Å². The molecule has 2 N–H and O–H groups in total. The predicted molar refractivity (Wildman–Crippen MR) is 98.0 cm³/mol. The molecular formula is C18H31NO3Si. The second-order valence-corrected chi connectivity index (χ2v) is 7.80. The molecule has 0 spiro atoms. The van der Waals surface area contributed by atoms with Gasteiger partial charge >= 0.3 is 8.80 Å². The molecule has 130 valence electrons. The maximum Gasteiger partial charge on any atom is 0.533 e. The monoisotopic (exact) mass is 337 g/mol. The third kappa shape index (κ3) is 5.55. The van der Waals surface area contributed by atoms with Crippen LogP contribution in [0.5, 0.6) is 0 Å². The van der Waals surface area contributed by atoms with Crippen LogP contribution in [-0.4, -0.2) is 35.2 Å². The standard InChI is InChI=1S/C18H31NO3Si/c1-5-20-23(21-6-2,22-7-3)18(14-11-15-19)16(4)17-12-9-8-10-13-17/h8-10,12-13H,5-7,11,14-15,19H2,1-4H3. The van der Waals surface area contributed by atoms with Crippen molar-refractivity contribution in [2.75, 3.05) is 26.4 Å². The highest BCUT2D eigenvalue weighted by molar-refractivity contribution is 6.70. The fourth-order valence-corrected chi connectivity index (χ4v) is 5.67. The van der Waals surface area contributed by atoms with Crippen molar-refractivity contribution in [1.82, 2.24) is 0 Å². The fraction of sp³-hybridized carbons (Fsp3) is 0.556.